The van der Waals surface area contributed by atoms with Gasteiger partial charge in [0.15, 0.2) is 0 Å². The van der Waals surface area contributed by atoms with E-state index in [1.807, 2.05) is 0 Å². The smallest absolute Gasteiger partial charge is 0.420 e. The first-order valence-corrected chi connectivity index (χ1v) is 4.50. The zero-order chi connectivity index (χ0) is 14.1. The van der Waals surface area contributed by atoms with Crippen LogP contribution in [0.4, 0.5) is 27.6 Å². The van der Waals surface area contributed by atoms with Gasteiger partial charge in [-0.2, -0.15) is 22.0 Å². The second kappa shape index (κ2) is 4.92. The molecular formula is C8H3ClF5NO3. The number of ether oxygens (including phenoxy) is 1. The normalized spacial score (nSPS) is 11.7. The van der Waals surface area contributed by atoms with Crippen molar-refractivity contribution in [3.8, 4) is 5.75 Å². The number of nitrogens with zero attached hydrogens (tertiary/aromatic N) is 1. The summed E-state index contributed by atoms with van der Waals surface area (Å²) in [6.07, 6.45) is -5.02. The molecule has 0 N–H and O–H groups in total. The van der Waals surface area contributed by atoms with Gasteiger partial charge in [0.25, 0.3) is 5.69 Å². The van der Waals surface area contributed by atoms with E-state index in [1.165, 1.54) is 0 Å². The molecule has 4 nitrogen and oxygen atoms in total. The topological polar surface area (TPSA) is 52.4 Å². The Morgan fingerprint density at radius 1 is 1.33 bits per heavy atom. The Balaban J connectivity index is 3.42. The van der Waals surface area contributed by atoms with Crippen molar-refractivity contribution < 1.29 is 31.6 Å². The van der Waals surface area contributed by atoms with Gasteiger partial charge in [0.1, 0.15) is 10.8 Å². The van der Waals surface area contributed by atoms with Crippen LogP contribution in [0.2, 0.25) is 5.02 Å². The zero-order valence-corrected chi connectivity index (χ0v) is 8.93. The van der Waals surface area contributed by atoms with Crippen LogP contribution in [0.5, 0.6) is 5.75 Å². The van der Waals surface area contributed by atoms with E-state index in [0.29, 0.717) is 0 Å². The lowest BCUT2D eigenvalue weighted by atomic mass is 10.1. The Morgan fingerprint density at radius 3 is 2.28 bits per heavy atom. The summed E-state index contributed by atoms with van der Waals surface area (Å²) in [5.41, 5.74) is -2.57. The molecule has 0 bridgehead atoms. The fourth-order valence-corrected chi connectivity index (χ4v) is 1.33. The van der Waals surface area contributed by atoms with Gasteiger partial charge in [0.05, 0.1) is 16.6 Å². The predicted octanol–water partition coefficient (Wildman–Crippen LogP) is 3.87. The van der Waals surface area contributed by atoms with E-state index in [9.17, 15) is 32.1 Å². The van der Waals surface area contributed by atoms with E-state index in [0.717, 1.165) is 0 Å². The minimum Gasteiger partial charge on any atom is -0.434 e. The first-order chi connectivity index (χ1) is 8.12. The van der Waals surface area contributed by atoms with Crippen LogP contribution in [-0.2, 0) is 6.18 Å². The fraction of sp³-hybridized carbons (Fsp3) is 0.250. The van der Waals surface area contributed by atoms with Crippen LogP contribution in [0, 0.1) is 10.1 Å². The Kier molecular flexibility index (Phi) is 3.95. The average Bonchev–Trinajstić information content (AvgIpc) is 2.17. The molecule has 1 aromatic rings. The fourth-order valence-electron chi connectivity index (χ4n) is 1.10. The second-order valence-electron chi connectivity index (χ2n) is 2.93. The molecule has 0 aliphatic heterocycles. The number of halogens is 6. The van der Waals surface area contributed by atoms with E-state index >= 15 is 0 Å². The summed E-state index contributed by atoms with van der Waals surface area (Å²) in [5, 5.41) is 9.59. The van der Waals surface area contributed by atoms with Gasteiger partial charge < -0.3 is 4.74 Å². The molecule has 0 atom stereocenters. The SMILES string of the molecule is O=[N+]([O-])c1cc(OC(F)F)c(C(F)(F)F)cc1Cl. The quantitative estimate of drug-likeness (QED) is 0.482. The third-order valence-corrected chi connectivity index (χ3v) is 2.07. The summed E-state index contributed by atoms with van der Waals surface area (Å²) in [7, 11) is 0. The van der Waals surface area contributed by atoms with Crippen molar-refractivity contribution in [2.24, 2.45) is 0 Å². The summed E-state index contributed by atoms with van der Waals surface area (Å²) < 4.78 is 64.8. The predicted molar refractivity (Wildman–Crippen MR) is 49.7 cm³/mol. The number of hydrogen-bond donors (Lipinski definition) is 0. The second-order valence-corrected chi connectivity index (χ2v) is 3.34. The molecule has 0 aliphatic rings. The van der Waals surface area contributed by atoms with Crippen LogP contribution in [0.1, 0.15) is 5.56 Å². The number of nitro benzene ring substituents is 1. The lowest BCUT2D eigenvalue weighted by Gasteiger charge is -2.13. The molecule has 0 spiro atoms. The van der Waals surface area contributed by atoms with Crippen molar-refractivity contribution in [1.29, 1.82) is 0 Å². The van der Waals surface area contributed by atoms with Crippen LogP contribution >= 0.6 is 11.6 Å². The largest absolute Gasteiger partial charge is 0.434 e. The molecule has 0 amide bonds. The molecular weight excluding hydrogens is 289 g/mol. The van der Waals surface area contributed by atoms with Crippen molar-refractivity contribution in [3.05, 3.63) is 32.8 Å². The highest BCUT2D eigenvalue weighted by atomic mass is 35.5. The molecule has 0 aromatic heterocycles. The van der Waals surface area contributed by atoms with Crippen LogP contribution < -0.4 is 4.74 Å². The molecule has 18 heavy (non-hydrogen) atoms. The Morgan fingerprint density at radius 2 is 1.89 bits per heavy atom. The third-order valence-electron chi connectivity index (χ3n) is 1.77. The molecule has 0 saturated heterocycles. The lowest BCUT2D eigenvalue weighted by molar-refractivity contribution is -0.384. The number of nitro groups is 1. The monoisotopic (exact) mass is 291 g/mol. The van der Waals surface area contributed by atoms with Crippen LogP contribution in [0.3, 0.4) is 0 Å². The Labute approximate surface area is 101 Å². The summed E-state index contributed by atoms with van der Waals surface area (Å²) in [6, 6.07) is 0.370. The van der Waals surface area contributed by atoms with Crippen molar-refractivity contribution in [1.82, 2.24) is 0 Å². The Bertz CT molecular complexity index is 477. The van der Waals surface area contributed by atoms with Crippen molar-refractivity contribution in [2.75, 3.05) is 0 Å². The highest BCUT2D eigenvalue weighted by Crippen LogP contribution is 2.41. The summed E-state index contributed by atoms with van der Waals surface area (Å²) >= 11 is 5.25. The van der Waals surface area contributed by atoms with E-state index in [2.05, 4.69) is 4.74 Å². The minimum absolute atomic E-state index is 0.164. The van der Waals surface area contributed by atoms with Crippen molar-refractivity contribution >= 4 is 17.3 Å². The van der Waals surface area contributed by atoms with E-state index in [-0.39, 0.29) is 12.1 Å². The van der Waals surface area contributed by atoms with Gasteiger partial charge in [-0.25, -0.2) is 0 Å². The van der Waals surface area contributed by atoms with Crippen LogP contribution in [0.15, 0.2) is 12.1 Å². The summed E-state index contributed by atoms with van der Waals surface area (Å²) in [6.45, 7) is -3.55. The maximum absolute atomic E-state index is 12.5. The average molecular weight is 292 g/mol. The number of alkyl halides is 5. The van der Waals surface area contributed by atoms with Gasteiger partial charge in [0.2, 0.25) is 0 Å². The van der Waals surface area contributed by atoms with E-state index < -0.39 is 39.7 Å². The molecule has 0 saturated carbocycles. The molecule has 100 valence electrons. The van der Waals surface area contributed by atoms with Gasteiger partial charge in [-0.15, -0.1) is 0 Å². The highest BCUT2D eigenvalue weighted by molar-refractivity contribution is 6.32. The molecule has 0 unspecified atom stereocenters. The zero-order valence-electron chi connectivity index (χ0n) is 8.17. The maximum Gasteiger partial charge on any atom is 0.420 e. The summed E-state index contributed by atoms with van der Waals surface area (Å²) in [5.74, 6) is -1.35. The van der Waals surface area contributed by atoms with Gasteiger partial charge in [0, 0.05) is 0 Å². The highest BCUT2D eigenvalue weighted by Gasteiger charge is 2.37. The van der Waals surface area contributed by atoms with Gasteiger partial charge in [-0.05, 0) is 6.07 Å². The first kappa shape index (κ1) is 14.4. The van der Waals surface area contributed by atoms with Crippen LogP contribution in [0.25, 0.3) is 0 Å². The minimum atomic E-state index is -5.02. The number of benzene rings is 1. The van der Waals surface area contributed by atoms with Gasteiger partial charge in [-0.1, -0.05) is 11.6 Å². The molecule has 10 heteroatoms. The molecule has 0 radical (unpaired) electrons. The van der Waals surface area contributed by atoms with Gasteiger partial charge in [-0.3, -0.25) is 10.1 Å². The molecule has 0 heterocycles. The van der Waals surface area contributed by atoms with Crippen molar-refractivity contribution in [3.63, 3.8) is 0 Å². The van der Waals surface area contributed by atoms with Crippen LogP contribution in [-0.4, -0.2) is 11.5 Å². The standard InChI is InChI=1S/C8H3ClF5NO3/c9-4-1-3(8(12,13)14)6(18-7(10)11)2-5(4)15(16)17/h1-2,7H. The molecule has 1 rings (SSSR count). The van der Waals surface area contributed by atoms with Crippen molar-refractivity contribution in [2.45, 2.75) is 12.8 Å². The summed E-state index contributed by atoms with van der Waals surface area (Å²) in [4.78, 5) is 9.31. The van der Waals surface area contributed by atoms with E-state index in [4.69, 9.17) is 11.6 Å². The van der Waals surface area contributed by atoms with Gasteiger partial charge >= 0.3 is 12.8 Å². The molecule has 0 aliphatic carbocycles. The maximum atomic E-state index is 12.5. The molecule has 1 aromatic carbocycles. The van der Waals surface area contributed by atoms with E-state index in [1.54, 1.807) is 0 Å². The lowest BCUT2D eigenvalue weighted by Crippen LogP contribution is -2.12. The Hall–Kier alpha value is -1.64. The first-order valence-electron chi connectivity index (χ1n) is 4.13. The number of rotatable bonds is 3. The third kappa shape index (κ3) is 3.19. The molecule has 0 fully saturated rings. The number of hydrogen-bond acceptors (Lipinski definition) is 3.